The van der Waals surface area contributed by atoms with Crippen molar-refractivity contribution in [3.05, 3.63) is 111 Å². The zero-order valence-corrected chi connectivity index (χ0v) is 23.2. The average molecular weight is 589 g/mol. The van der Waals surface area contributed by atoms with Crippen molar-refractivity contribution in [1.82, 2.24) is 5.32 Å². The van der Waals surface area contributed by atoms with Gasteiger partial charge in [-0.05, 0) is 71.8 Å². The Kier molecular flexibility index (Phi) is 8.05. The number of imide groups is 2. The van der Waals surface area contributed by atoms with Gasteiger partial charge >= 0.3 is 12.0 Å². The fourth-order valence-electron chi connectivity index (χ4n) is 4.34. The number of fused-ring (bicyclic) bond motifs is 1. The number of rotatable bonds is 7. The third-order valence-electron chi connectivity index (χ3n) is 6.34. The number of halogens is 2. The van der Waals surface area contributed by atoms with E-state index in [0.29, 0.717) is 21.4 Å². The predicted molar refractivity (Wildman–Crippen MR) is 156 cm³/mol. The maximum atomic E-state index is 13.6. The number of hydrogen-bond donors (Lipinski definition) is 1. The summed E-state index contributed by atoms with van der Waals surface area (Å²) in [6.07, 6.45) is 1.41. The van der Waals surface area contributed by atoms with Crippen LogP contribution in [0.2, 0.25) is 10.0 Å². The van der Waals surface area contributed by atoms with Crippen molar-refractivity contribution in [3.8, 4) is 5.75 Å². The number of nitrogens with one attached hydrogen (secondary N) is 1. The van der Waals surface area contributed by atoms with E-state index >= 15 is 0 Å². The molecule has 0 radical (unpaired) electrons. The molecule has 0 atom stereocenters. The second-order valence-electron chi connectivity index (χ2n) is 8.96. The van der Waals surface area contributed by atoms with Crippen LogP contribution < -0.4 is 15.0 Å². The fourth-order valence-corrected chi connectivity index (χ4v) is 4.66. The lowest BCUT2D eigenvalue weighted by molar-refractivity contribution is -0.122. The Morgan fingerprint density at radius 3 is 2.41 bits per heavy atom. The molecule has 4 aromatic carbocycles. The van der Waals surface area contributed by atoms with Crippen LogP contribution in [-0.4, -0.2) is 30.4 Å². The molecule has 1 saturated heterocycles. The molecule has 0 aromatic heterocycles. The molecule has 206 valence electrons. The first kappa shape index (κ1) is 27.9. The Bertz CT molecular complexity index is 1730. The highest BCUT2D eigenvalue weighted by Gasteiger charge is 2.37. The lowest BCUT2D eigenvalue weighted by atomic mass is 9.99. The molecule has 0 spiro atoms. The highest BCUT2D eigenvalue weighted by Crippen LogP contribution is 2.33. The molecule has 1 heterocycles. The zero-order valence-electron chi connectivity index (χ0n) is 21.6. The van der Waals surface area contributed by atoms with Gasteiger partial charge in [0.15, 0.2) is 0 Å². The van der Waals surface area contributed by atoms with E-state index in [-0.39, 0.29) is 30.0 Å². The minimum atomic E-state index is -0.907. The summed E-state index contributed by atoms with van der Waals surface area (Å²) >= 11 is 12.2. The first-order chi connectivity index (χ1) is 19.8. The van der Waals surface area contributed by atoms with Crippen molar-refractivity contribution in [2.45, 2.75) is 13.5 Å². The third-order valence-corrected chi connectivity index (χ3v) is 7.08. The number of hydrogen-bond acceptors (Lipinski definition) is 6. The standard InChI is InChI=1S/C31H22Cl2N2O6/c1-2-40-30(38)20-8-11-21(12-9-20)35-29(37)24(28(36)34-31(35)39)16-23-22-6-4-3-5-19(22)10-14-27(23)41-17-18-7-13-25(32)26(33)15-18/h3-16H,2,17H2,1H3,(H,34,36,39)/b24-16+. The van der Waals surface area contributed by atoms with E-state index in [0.717, 1.165) is 21.2 Å². The van der Waals surface area contributed by atoms with Gasteiger partial charge in [0.2, 0.25) is 0 Å². The number of anilines is 1. The minimum absolute atomic E-state index is 0.142. The molecule has 4 aromatic rings. The lowest BCUT2D eigenvalue weighted by Crippen LogP contribution is -2.54. The number of barbiturate groups is 1. The normalized spacial score (nSPS) is 14.4. The maximum absolute atomic E-state index is 13.6. The molecule has 1 fully saturated rings. The van der Waals surface area contributed by atoms with Crippen LogP contribution in [0.25, 0.3) is 16.8 Å². The van der Waals surface area contributed by atoms with E-state index in [1.807, 2.05) is 30.3 Å². The number of carbonyl (C=O) groups is 4. The summed E-state index contributed by atoms with van der Waals surface area (Å²) in [5.41, 5.74) is 1.41. The van der Waals surface area contributed by atoms with E-state index in [2.05, 4.69) is 5.32 Å². The predicted octanol–water partition coefficient (Wildman–Crippen LogP) is 6.57. The van der Waals surface area contributed by atoms with Gasteiger partial charge in [0, 0.05) is 5.56 Å². The third kappa shape index (κ3) is 5.79. The van der Waals surface area contributed by atoms with Crippen LogP contribution in [0, 0.1) is 0 Å². The number of carbonyl (C=O) groups excluding carboxylic acids is 4. The van der Waals surface area contributed by atoms with Crippen LogP contribution in [0.1, 0.15) is 28.4 Å². The topological polar surface area (TPSA) is 102 Å². The van der Waals surface area contributed by atoms with Crippen molar-refractivity contribution in [3.63, 3.8) is 0 Å². The smallest absolute Gasteiger partial charge is 0.338 e. The van der Waals surface area contributed by atoms with Gasteiger partial charge in [-0.15, -0.1) is 0 Å². The van der Waals surface area contributed by atoms with Crippen molar-refractivity contribution >= 4 is 69.6 Å². The maximum Gasteiger partial charge on any atom is 0.338 e. The Balaban J connectivity index is 1.52. The van der Waals surface area contributed by atoms with Gasteiger partial charge in [0.25, 0.3) is 11.8 Å². The molecule has 5 rings (SSSR count). The molecular formula is C31H22Cl2N2O6. The second-order valence-corrected chi connectivity index (χ2v) is 9.78. The molecule has 41 heavy (non-hydrogen) atoms. The van der Waals surface area contributed by atoms with Gasteiger partial charge in [0.05, 0.1) is 27.9 Å². The van der Waals surface area contributed by atoms with Crippen LogP contribution in [0.5, 0.6) is 5.75 Å². The summed E-state index contributed by atoms with van der Waals surface area (Å²) in [6, 6.07) is 21.0. The Labute approximate surface area is 245 Å². The molecule has 0 saturated carbocycles. The molecule has 1 aliphatic heterocycles. The summed E-state index contributed by atoms with van der Waals surface area (Å²) in [7, 11) is 0. The van der Waals surface area contributed by atoms with Crippen molar-refractivity contribution in [2.24, 2.45) is 0 Å². The number of urea groups is 1. The van der Waals surface area contributed by atoms with Crippen LogP contribution >= 0.6 is 23.2 Å². The van der Waals surface area contributed by atoms with Gasteiger partial charge < -0.3 is 9.47 Å². The van der Waals surface area contributed by atoms with Gasteiger partial charge in [-0.2, -0.15) is 0 Å². The van der Waals surface area contributed by atoms with Crippen molar-refractivity contribution in [1.29, 1.82) is 0 Å². The molecular weight excluding hydrogens is 567 g/mol. The number of benzene rings is 4. The Morgan fingerprint density at radius 2 is 1.68 bits per heavy atom. The number of esters is 1. The van der Waals surface area contributed by atoms with Crippen LogP contribution in [0.15, 0.2) is 84.4 Å². The first-order valence-electron chi connectivity index (χ1n) is 12.5. The summed E-state index contributed by atoms with van der Waals surface area (Å²) in [5.74, 6) is -1.80. The molecule has 10 heteroatoms. The van der Waals surface area contributed by atoms with E-state index in [9.17, 15) is 19.2 Å². The summed E-state index contributed by atoms with van der Waals surface area (Å²) in [5, 5.41) is 4.61. The van der Waals surface area contributed by atoms with Gasteiger partial charge in [-0.1, -0.05) is 59.6 Å². The fraction of sp³-hybridized carbons (Fsp3) is 0.0968. The van der Waals surface area contributed by atoms with Crippen LogP contribution in [-0.2, 0) is 20.9 Å². The Hall–Kier alpha value is -4.66. The largest absolute Gasteiger partial charge is 0.488 e. The first-order valence-corrected chi connectivity index (χ1v) is 13.3. The average Bonchev–Trinajstić information content (AvgIpc) is 2.96. The molecule has 0 aliphatic carbocycles. The van der Waals surface area contributed by atoms with E-state index in [1.165, 1.54) is 30.3 Å². The van der Waals surface area contributed by atoms with Gasteiger partial charge in [-0.25, -0.2) is 14.5 Å². The summed E-state index contributed by atoms with van der Waals surface area (Å²) in [6.45, 7) is 2.04. The molecule has 1 aliphatic rings. The number of nitrogens with zero attached hydrogens (tertiary/aromatic N) is 1. The number of amides is 4. The summed E-state index contributed by atoms with van der Waals surface area (Å²) in [4.78, 5) is 52.1. The van der Waals surface area contributed by atoms with Gasteiger partial charge in [0.1, 0.15) is 17.9 Å². The van der Waals surface area contributed by atoms with Crippen molar-refractivity contribution < 1.29 is 28.7 Å². The molecule has 4 amide bonds. The monoisotopic (exact) mass is 588 g/mol. The zero-order chi connectivity index (χ0) is 29.1. The second kappa shape index (κ2) is 11.8. The SMILES string of the molecule is CCOC(=O)c1ccc(N2C(=O)NC(=O)/C(=C\c3c(OCc4ccc(Cl)c(Cl)c4)ccc4ccccc34)C2=O)cc1. The van der Waals surface area contributed by atoms with Crippen molar-refractivity contribution in [2.75, 3.05) is 11.5 Å². The van der Waals surface area contributed by atoms with Gasteiger partial charge in [-0.3, -0.25) is 14.9 Å². The molecule has 1 N–H and O–H groups in total. The molecule has 0 unspecified atom stereocenters. The molecule has 0 bridgehead atoms. The van der Waals surface area contributed by atoms with E-state index in [4.69, 9.17) is 32.7 Å². The van der Waals surface area contributed by atoms with Crippen LogP contribution in [0.3, 0.4) is 0 Å². The van der Waals surface area contributed by atoms with E-state index < -0.39 is 23.8 Å². The van der Waals surface area contributed by atoms with Crippen LogP contribution in [0.4, 0.5) is 10.5 Å². The van der Waals surface area contributed by atoms with E-state index in [1.54, 1.807) is 31.2 Å². The quantitative estimate of drug-likeness (QED) is 0.149. The Morgan fingerprint density at radius 1 is 0.927 bits per heavy atom. The summed E-state index contributed by atoms with van der Waals surface area (Å²) < 4.78 is 11.1. The number of ether oxygens (including phenoxy) is 2. The lowest BCUT2D eigenvalue weighted by Gasteiger charge is -2.26. The molecule has 8 nitrogen and oxygen atoms in total. The highest BCUT2D eigenvalue weighted by atomic mass is 35.5. The minimum Gasteiger partial charge on any atom is -0.488 e. The highest BCUT2D eigenvalue weighted by molar-refractivity contribution is 6.42.